The first-order valence-corrected chi connectivity index (χ1v) is 28.8. The summed E-state index contributed by atoms with van der Waals surface area (Å²) in [6.07, 6.45) is 8.43. The standard InChI is InChI=1S/2C25H34N5O6P.CH3O.3Na/c2*1-15-9-16(3-8-22(15)35-2)11-26-23-21(12-27-25(29-23)30-13-17-10-18(17)14-30)24(31)28-19-4-6-20(7-5-19)36-37(32,33)34;1-2;;;/h2*3,8-9,12,17-20H,4-7,10-11,13-14H2,1-2H3,(H,28,31)(H,26,27,29)(H2,32,33,34);1H3;;;/q;;-1;3*+1/p-2. The Morgan fingerprint density at radius 3 is 1.32 bits per heavy atom. The van der Waals surface area contributed by atoms with Crippen LogP contribution in [-0.2, 0) is 31.3 Å². The Hall–Kier alpha value is -2.48. The maximum absolute atomic E-state index is 13.3. The number of phosphoric ester groups is 2. The third-order valence-corrected chi connectivity index (χ3v) is 16.1. The van der Waals surface area contributed by atoms with Crippen molar-refractivity contribution in [2.24, 2.45) is 23.7 Å². The molecule has 10 rings (SSSR count). The minimum Gasteiger partial charge on any atom is -0.857 e. The number of aryl methyl sites for hydroxylation is 2. The van der Waals surface area contributed by atoms with Gasteiger partial charge in [-0.2, -0.15) is 17.1 Å². The van der Waals surface area contributed by atoms with Crippen LogP contribution >= 0.6 is 15.6 Å². The SMILES string of the molecule is COc1ccc(CNc2nc(N3CC4CC4C3)ncc2C(=O)NC2CCC(OP(=O)(O)O)CC2)cc1C.COc1ccc(CNc2nc(N3CC4CC4C3)ncc2C(=O)NC2CCC(OP(=O)([O-])[O-])CC2)cc1C.C[O-].[Na+].[Na+].[Na+]. The third-order valence-electron chi connectivity index (χ3n) is 15.0. The van der Waals surface area contributed by atoms with Crippen LogP contribution in [0.3, 0.4) is 0 Å². The molecular formula is C51H69N10Na3O13P2. The van der Waals surface area contributed by atoms with Gasteiger partial charge in [0.05, 0.1) is 34.3 Å². The predicted octanol–water partition coefficient (Wildman–Crippen LogP) is -5.25. The minimum atomic E-state index is -5.02. The van der Waals surface area contributed by atoms with Gasteiger partial charge in [-0.15, -0.1) is 0 Å². The molecule has 2 aromatic carbocycles. The van der Waals surface area contributed by atoms with E-state index in [2.05, 4.69) is 45.6 Å². The molecule has 4 aliphatic carbocycles. The average Bonchev–Trinajstić information content (AvgIpc) is 4.33. The molecule has 0 radical (unpaired) electrons. The van der Waals surface area contributed by atoms with Gasteiger partial charge in [0.1, 0.15) is 34.3 Å². The zero-order chi connectivity index (χ0) is 54.3. The first-order chi connectivity index (χ1) is 36.4. The number of benzene rings is 2. The minimum absolute atomic E-state index is 0. The number of hydrogen-bond donors (Lipinski definition) is 6. The molecule has 28 heteroatoms. The van der Waals surface area contributed by atoms with Crippen LogP contribution < -0.4 is 144 Å². The predicted molar refractivity (Wildman–Crippen MR) is 277 cm³/mol. The Kier molecular flexibility index (Phi) is 25.9. The van der Waals surface area contributed by atoms with E-state index in [4.69, 9.17) is 38.9 Å². The van der Waals surface area contributed by atoms with Gasteiger partial charge in [-0.05, 0) is 136 Å². The summed E-state index contributed by atoms with van der Waals surface area (Å²) in [6.45, 7) is 8.71. The Bertz CT molecular complexity index is 2580. The van der Waals surface area contributed by atoms with E-state index in [9.17, 15) is 28.5 Å². The van der Waals surface area contributed by atoms with Gasteiger partial charge in [0.15, 0.2) is 0 Å². The van der Waals surface area contributed by atoms with E-state index < -0.39 is 27.9 Å². The van der Waals surface area contributed by atoms with Gasteiger partial charge in [-0.25, -0.2) is 14.5 Å². The summed E-state index contributed by atoms with van der Waals surface area (Å²) in [4.78, 5) is 89.3. The summed E-state index contributed by atoms with van der Waals surface area (Å²) >= 11 is 0. The van der Waals surface area contributed by atoms with Crippen molar-refractivity contribution < 1.29 is 151 Å². The van der Waals surface area contributed by atoms with Crippen molar-refractivity contribution in [3.63, 3.8) is 0 Å². The molecule has 0 spiro atoms. The molecule has 6 aliphatic rings. The fraction of sp³-hybridized carbons (Fsp3) is 0.569. The van der Waals surface area contributed by atoms with Gasteiger partial charge in [-0.1, -0.05) is 24.3 Å². The number of phosphoric acid groups is 2. The number of carbonyl (C=O) groups is 2. The fourth-order valence-corrected chi connectivity index (χ4v) is 12.0. The smallest absolute Gasteiger partial charge is 0.857 e. The zero-order valence-electron chi connectivity index (χ0n) is 46.5. The van der Waals surface area contributed by atoms with E-state index in [1.54, 1.807) is 26.6 Å². The van der Waals surface area contributed by atoms with E-state index in [-0.39, 0.29) is 113 Å². The molecule has 23 nitrogen and oxygen atoms in total. The molecule has 79 heavy (non-hydrogen) atoms. The maximum Gasteiger partial charge on any atom is 1.00 e. The second kappa shape index (κ2) is 30.4. The number of anilines is 4. The van der Waals surface area contributed by atoms with Gasteiger partial charge in [0, 0.05) is 63.7 Å². The number of carbonyl (C=O) groups excluding carboxylic acids is 2. The summed E-state index contributed by atoms with van der Waals surface area (Å²) in [5.74, 6) is 6.17. The Labute approximate surface area is 528 Å². The van der Waals surface area contributed by atoms with Gasteiger partial charge in [0.25, 0.3) is 11.8 Å². The molecule has 4 saturated carbocycles. The van der Waals surface area contributed by atoms with Crippen molar-refractivity contribution in [3.8, 4) is 11.5 Å². The van der Waals surface area contributed by atoms with Crippen LogP contribution in [0.4, 0.5) is 23.5 Å². The largest absolute Gasteiger partial charge is 1.00 e. The molecule has 6 N–H and O–H groups in total. The quantitative estimate of drug-likeness (QED) is 0.0401. The number of ether oxygens (including phenoxy) is 2. The molecule has 2 amide bonds. The number of rotatable bonds is 18. The first kappa shape index (κ1) is 67.3. The Balaban J connectivity index is 0.000000272. The monoisotopic (exact) mass is 1160 g/mol. The van der Waals surface area contributed by atoms with Gasteiger partial charge < -0.3 is 74.3 Å². The van der Waals surface area contributed by atoms with E-state index in [1.165, 1.54) is 12.8 Å². The van der Waals surface area contributed by atoms with Gasteiger partial charge in [-0.3, -0.25) is 14.1 Å². The molecule has 6 fully saturated rings. The van der Waals surface area contributed by atoms with E-state index in [0.29, 0.717) is 99.1 Å². The number of amides is 2. The second-order valence-electron chi connectivity index (χ2n) is 20.5. The third kappa shape index (κ3) is 19.3. The number of hydrogen-bond acceptors (Lipinski definition) is 19. The van der Waals surface area contributed by atoms with E-state index in [0.717, 1.165) is 90.7 Å². The summed E-state index contributed by atoms with van der Waals surface area (Å²) in [5, 5.41) is 21.0. The number of piperidine rings is 2. The number of fused-ring (bicyclic) bond motifs is 2. The van der Waals surface area contributed by atoms with Crippen LogP contribution in [0.15, 0.2) is 48.8 Å². The molecule has 2 saturated heterocycles. The topological polar surface area (TPSA) is 321 Å². The molecule has 4 atom stereocenters. The van der Waals surface area contributed by atoms with Crippen LogP contribution in [-0.4, -0.2) is 113 Å². The van der Waals surface area contributed by atoms with Crippen LogP contribution in [0, 0.1) is 37.5 Å². The molecule has 414 valence electrons. The molecular weight excluding hydrogens is 1090 g/mol. The van der Waals surface area contributed by atoms with Gasteiger partial charge >= 0.3 is 96.5 Å². The van der Waals surface area contributed by atoms with Crippen LogP contribution in [0.1, 0.15) is 107 Å². The second-order valence-corrected chi connectivity index (χ2v) is 22.8. The number of aromatic nitrogens is 4. The zero-order valence-corrected chi connectivity index (χ0v) is 54.3. The molecule has 4 aromatic rings. The van der Waals surface area contributed by atoms with Crippen LogP contribution in [0.25, 0.3) is 0 Å². The maximum atomic E-state index is 13.3. The molecule has 4 unspecified atom stereocenters. The average molecular weight is 1160 g/mol. The van der Waals surface area contributed by atoms with Crippen molar-refractivity contribution in [3.05, 3.63) is 82.2 Å². The summed E-state index contributed by atoms with van der Waals surface area (Å²) < 4.78 is 42.1. The Morgan fingerprint density at radius 1 is 0.620 bits per heavy atom. The Morgan fingerprint density at radius 2 is 0.987 bits per heavy atom. The molecule has 2 aliphatic heterocycles. The molecule has 2 aromatic heterocycles. The van der Waals surface area contributed by atoms with Crippen molar-refractivity contribution in [1.29, 1.82) is 0 Å². The van der Waals surface area contributed by atoms with Crippen molar-refractivity contribution in [2.75, 3.05) is 67.9 Å². The first-order valence-electron chi connectivity index (χ1n) is 25.8. The van der Waals surface area contributed by atoms with Crippen molar-refractivity contribution in [1.82, 2.24) is 30.6 Å². The van der Waals surface area contributed by atoms with Gasteiger partial charge in [0.2, 0.25) is 11.9 Å². The summed E-state index contributed by atoms with van der Waals surface area (Å²) in [7, 11) is -5.49. The van der Waals surface area contributed by atoms with E-state index in [1.807, 2.05) is 50.2 Å². The number of methoxy groups -OCH3 is 2. The fourth-order valence-electron chi connectivity index (χ4n) is 10.8. The van der Waals surface area contributed by atoms with Crippen LogP contribution in [0.5, 0.6) is 11.5 Å². The van der Waals surface area contributed by atoms with E-state index >= 15 is 0 Å². The van der Waals surface area contributed by atoms with Crippen molar-refractivity contribution >= 4 is 51.0 Å². The summed E-state index contributed by atoms with van der Waals surface area (Å²) in [6, 6.07) is 11.6. The number of nitrogens with one attached hydrogen (secondary N) is 4. The number of nitrogens with zero attached hydrogens (tertiary/aromatic N) is 6. The molecule has 4 heterocycles. The van der Waals surface area contributed by atoms with Crippen molar-refractivity contribution in [2.45, 2.75) is 115 Å². The summed E-state index contributed by atoms with van der Waals surface area (Å²) in [5.41, 5.74) is 4.82. The normalized spacial score (nSPS) is 23.4. The van der Waals surface area contributed by atoms with Crippen LogP contribution in [0.2, 0.25) is 0 Å². The molecule has 0 bridgehead atoms.